The summed E-state index contributed by atoms with van der Waals surface area (Å²) >= 11 is 7.78. The monoisotopic (exact) mass is 333 g/mol. The molecule has 2 aromatic rings. The molecule has 0 radical (unpaired) electrons. The van der Waals surface area contributed by atoms with E-state index in [9.17, 15) is 4.79 Å². The topological polar surface area (TPSA) is 29.1 Å². The summed E-state index contributed by atoms with van der Waals surface area (Å²) < 4.78 is 0. The lowest BCUT2D eigenvalue weighted by atomic mass is 10.1. The highest BCUT2D eigenvalue weighted by molar-refractivity contribution is 8.00. The van der Waals surface area contributed by atoms with Gasteiger partial charge in [-0.25, -0.2) is 0 Å². The van der Waals surface area contributed by atoms with Crippen LogP contribution in [0, 0.1) is 13.8 Å². The van der Waals surface area contributed by atoms with E-state index < -0.39 is 0 Å². The lowest BCUT2D eigenvalue weighted by molar-refractivity contribution is -0.113. The Hall–Kier alpha value is -1.45. The van der Waals surface area contributed by atoms with Gasteiger partial charge in [-0.1, -0.05) is 48.0 Å². The molecule has 0 aliphatic rings. The van der Waals surface area contributed by atoms with Crippen LogP contribution in [0.2, 0.25) is 5.02 Å². The number of para-hydroxylation sites is 1. The summed E-state index contributed by atoms with van der Waals surface area (Å²) in [7, 11) is 0. The third-order valence-corrected chi connectivity index (χ3v) is 5.08. The van der Waals surface area contributed by atoms with Gasteiger partial charge in [0.05, 0.1) is 5.75 Å². The van der Waals surface area contributed by atoms with E-state index in [0.29, 0.717) is 5.75 Å². The zero-order valence-electron chi connectivity index (χ0n) is 13.0. The van der Waals surface area contributed by atoms with Crippen molar-refractivity contribution < 1.29 is 4.79 Å². The Labute approximate surface area is 141 Å². The highest BCUT2D eigenvalue weighted by Crippen LogP contribution is 2.33. The van der Waals surface area contributed by atoms with Crippen molar-refractivity contribution in [3.8, 4) is 0 Å². The second-order valence-corrected chi connectivity index (χ2v) is 7.03. The molecule has 0 aliphatic carbocycles. The first kappa shape index (κ1) is 16.9. The number of hydrogen-bond acceptors (Lipinski definition) is 2. The Morgan fingerprint density at radius 3 is 2.41 bits per heavy atom. The molecule has 1 amide bonds. The lowest BCUT2D eigenvalue weighted by Gasteiger charge is -2.14. The molecule has 1 N–H and O–H groups in total. The van der Waals surface area contributed by atoms with Gasteiger partial charge in [-0.3, -0.25) is 4.79 Å². The van der Waals surface area contributed by atoms with E-state index in [-0.39, 0.29) is 11.2 Å². The summed E-state index contributed by atoms with van der Waals surface area (Å²) in [5.41, 5.74) is 4.14. The van der Waals surface area contributed by atoms with Gasteiger partial charge < -0.3 is 5.32 Å². The Morgan fingerprint density at radius 2 is 1.77 bits per heavy atom. The third-order valence-electron chi connectivity index (χ3n) is 3.55. The number of anilines is 1. The molecule has 1 atom stereocenters. The fourth-order valence-corrected chi connectivity index (χ4v) is 3.51. The predicted molar refractivity (Wildman–Crippen MR) is 96.9 cm³/mol. The van der Waals surface area contributed by atoms with Crippen LogP contribution in [0.3, 0.4) is 0 Å². The Balaban J connectivity index is 1.95. The molecule has 0 bridgehead atoms. The van der Waals surface area contributed by atoms with Crippen LogP contribution in [0.15, 0.2) is 42.5 Å². The molecule has 0 spiro atoms. The van der Waals surface area contributed by atoms with E-state index in [1.807, 2.05) is 56.3 Å². The minimum atomic E-state index is 0.0151. The quantitative estimate of drug-likeness (QED) is 0.794. The van der Waals surface area contributed by atoms with Crippen molar-refractivity contribution in [2.45, 2.75) is 26.0 Å². The summed E-state index contributed by atoms with van der Waals surface area (Å²) in [6.45, 7) is 6.07. The molecule has 0 heterocycles. The van der Waals surface area contributed by atoms with Crippen molar-refractivity contribution >= 4 is 35.0 Å². The summed E-state index contributed by atoms with van der Waals surface area (Å²) in [4.78, 5) is 12.2. The molecular weight excluding hydrogens is 314 g/mol. The number of hydrogen-bond donors (Lipinski definition) is 1. The van der Waals surface area contributed by atoms with E-state index in [0.717, 1.165) is 27.4 Å². The molecule has 0 aliphatic heterocycles. The Kier molecular flexibility index (Phi) is 5.92. The van der Waals surface area contributed by atoms with Crippen LogP contribution in [-0.2, 0) is 4.79 Å². The molecule has 0 saturated carbocycles. The van der Waals surface area contributed by atoms with Crippen LogP contribution in [0.25, 0.3) is 0 Å². The van der Waals surface area contributed by atoms with Crippen molar-refractivity contribution in [2.24, 2.45) is 0 Å². The average Bonchev–Trinajstić information content (AvgIpc) is 2.49. The highest BCUT2D eigenvalue weighted by Gasteiger charge is 2.13. The normalized spacial score (nSPS) is 12.0. The standard InChI is InChI=1S/C18H20ClNOS/c1-12-7-6-8-13(2)18(12)20-17(21)11-22-14(3)15-9-4-5-10-16(15)19/h4-10,14H,11H2,1-3H3,(H,20,21). The maximum absolute atomic E-state index is 12.2. The van der Waals surface area contributed by atoms with Gasteiger partial charge in [-0.15, -0.1) is 11.8 Å². The molecule has 2 nitrogen and oxygen atoms in total. The molecule has 0 saturated heterocycles. The molecular formula is C18H20ClNOS. The number of carbonyl (C=O) groups is 1. The first-order valence-electron chi connectivity index (χ1n) is 7.21. The highest BCUT2D eigenvalue weighted by atomic mass is 35.5. The smallest absolute Gasteiger partial charge is 0.234 e. The minimum Gasteiger partial charge on any atom is -0.325 e. The van der Waals surface area contributed by atoms with Gasteiger partial charge in [0.25, 0.3) is 0 Å². The fraction of sp³-hybridized carbons (Fsp3) is 0.278. The van der Waals surface area contributed by atoms with E-state index >= 15 is 0 Å². The van der Waals surface area contributed by atoms with Gasteiger partial charge >= 0.3 is 0 Å². The number of aryl methyl sites for hydroxylation is 2. The Bertz CT molecular complexity index is 652. The zero-order valence-corrected chi connectivity index (χ0v) is 14.6. The van der Waals surface area contributed by atoms with Crippen LogP contribution in [0.1, 0.15) is 28.9 Å². The maximum atomic E-state index is 12.2. The zero-order chi connectivity index (χ0) is 16.1. The molecule has 22 heavy (non-hydrogen) atoms. The molecule has 2 rings (SSSR count). The number of halogens is 1. The Morgan fingerprint density at radius 1 is 1.14 bits per heavy atom. The summed E-state index contributed by atoms with van der Waals surface area (Å²) in [6.07, 6.45) is 0. The van der Waals surface area contributed by atoms with Crippen molar-refractivity contribution in [2.75, 3.05) is 11.1 Å². The molecule has 0 aromatic heterocycles. The van der Waals surface area contributed by atoms with E-state index in [2.05, 4.69) is 12.2 Å². The molecule has 4 heteroatoms. The minimum absolute atomic E-state index is 0.0151. The molecule has 116 valence electrons. The first-order chi connectivity index (χ1) is 10.5. The van der Waals surface area contributed by atoms with E-state index in [1.165, 1.54) is 0 Å². The average molecular weight is 334 g/mol. The number of nitrogens with one attached hydrogen (secondary N) is 1. The van der Waals surface area contributed by atoms with Crippen molar-refractivity contribution in [1.29, 1.82) is 0 Å². The largest absolute Gasteiger partial charge is 0.325 e. The number of carbonyl (C=O) groups excluding carboxylic acids is 1. The van der Waals surface area contributed by atoms with Crippen molar-refractivity contribution in [1.82, 2.24) is 0 Å². The van der Waals surface area contributed by atoms with Crippen molar-refractivity contribution in [3.05, 3.63) is 64.2 Å². The SMILES string of the molecule is Cc1cccc(C)c1NC(=O)CSC(C)c1ccccc1Cl. The second kappa shape index (κ2) is 7.70. The van der Waals surface area contributed by atoms with Gasteiger partial charge in [0.2, 0.25) is 5.91 Å². The van der Waals surface area contributed by atoms with Gasteiger partial charge in [0, 0.05) is 16.0 Å². The first-order valence-corrected chi connectivity index (χ1v) is 8.64. The summed E-state index contributed by atoms with van der Waals surface area (Å²) in [6, 6.07) is 13.8. The number of thioether (sulfide) groups is 1. The van der Waals surface area contributed by atoms with E-state index in [1.54, 1.807) is 11.8 Å². The number of rotatable bonds is 5. The molecule has 1 unspecified atom stereocenters. The van der Waals surface area contributed by atoms with Gasteiger partial charge in [-0.05, 0) is 43.5 Å². The number of amides is 1. The van der Waals surface area contributed by atoms with E-state index in [4.69, 9.17) is 11.6 Å². The van der Waals surface area contributed by atoms with Gasteiger partial charge in [0.1, 0.15) is 0 Å². The van der Waals surface area contributed by atoms with Crippen LogP contribution >= 0.6 is 23.4 Å². The van der Waals surface area contributed by atoms with Crippen molar-refractivity contribution in [3.63, 3.8) is 0 Å². The third kappa shape index (κ3) is 4.28. The molecule has 0 fully saturated rings. The van der Waals surface area contributed by atoms with Crippen LogP contribution in [0.5, 0.6) is 0 Å². The second-order valence-electron chi connectivity index (χ2n) is 5.29. The van der Waals surface area contributed by atoms with Gasteiger partial charge in [-0.2, -0.15) is 0 Å². The lowest BCUT2D eigenvalue weighted by Crippen LogP contribution is -2.16. The van der Waals surface area contributed by atoms with Crippen LogP contribution in [-0.4, -0.2) is 11.7 Å². The fourth-order valence-electron chi connectivity index (χ4n) is 2.28. The van der Waals surface area contributed by atoms with Crippen LogP contribution < -0.4 is 5.32 Å². The summed E-state index contributed by atoms with van der Waals surface area (Å²) in [5.74, 6) is 0.418. The predicted octanol–water partition coefficient (Wildman–Crippen LogP) is 5.39. The number of benzene rings is 2. The van der Waals surface area contributed by atoms with Crippen LogP contribution in [0.4, 0.5) is 5.69 Å². The van der Waals surface area contributed by atoms with Gasteiger partial charge in [0.15, 0.2) is 0 Å². The molecule has 2 aromatic carbocycles. The summed E-state index contributed by atoms with van der Waals surface area (Å²) in [5, 5.41) is 3.93. The maximum Gasteiger partial charge on any atom is 0.234 e.